The predicted octanol–water partition coefficient (Wildman–Crippen LogP) is 4.60. The molecule has 1 aliphatic rings. The summed E-state index contributed by atoms with van der Waals surface area (Å²) in [6.45, 7) is 0.603. The van der Waals surface area contributed by atoms with E-state index in [1.807, 2.05) is 0 Å². The molecule has 0 aromatic heterocycles. The van der Waals surface area contributed by atoms with Crippen molar-refractivity contribution in [3.8, 4) is 0 Å². The molecule has 1 amide bonds. The van der Waals surface area contributed by atoms with Crippen LogP contribution in [0, 0.1) is 5.82 Å². The number of amides is 1. The first kappa shape index (κ1) is 21.7. The number of hydrogen-bond acceptors (Lipinski definition) is 4. The van der Waals surface area contributed by atoms with Gasteiger partial charge in [0.25, 0.3) is 11.7 Å². The van der Waals surface area contributed by atoms with E-state index in [-0.39, 0.29) is 23.8 Å². The lowest BCUT2D eigenvalue weighted by molar-refractivity contribution is 0.0791. The van der Waals surface area contributed by atoms with Crippen molar-refractivity contribution in [1.29, 1.82) is 0 Å². The maximum absolute atomic E-state index is 13.1. The van der Waals surface area contributed by atoms with Crippen LogP contribution in [0.15, 0.2) is 53.4 Å². The summed E-state index contributed by atoms with van der Waals surface area (Å²) in [6.07, 6.45) is 2.62. The van der Waals surface area contributed by atoms with Crippen molar-refractivity contribution in [3.05, 3.63) is 65.5 Å². The minimum Gasteiger partial charge on any atom is -0.342 e. The third-order valence-corrected chi connectivity index (χ3v) is 5.70. The normalized spacial score (nSPS) is 18.9. The fraction of sp³-hybridized carbons (Fsp3) is 0.381. The average molecular weight is 424 g/mol. The van der Waals surface area contributed by atoms with E-state index < -0.39 is 5.76 Å². The number of hydrazine groups is 1. The van der Waals surface area contributed by atoms with E-state index in [0.29, 0.717) is 28.8 Å². The maximum atomic E-state index is 13.1. The van der Waals surface area contributed by atoms with Crippen LogP contribution in [0.3, 0.4) is 0 Å². The first-order valence-electron chi connectivity index (χ1n) is 9.49. The Kier molecular flexibility index (Phi) is 7.57. The van der Waals surface area contributed by atoms with E-state index in [1.54, 1.807) is 48.3 Å². The number of nitrogens with one attached hydrogen (secondary N) is 2. The van der Waals surface area contributed by atoms with Crippen molar-refractivity contribution in [2.75, 3.05) is 13.6 Å². The van der Waals surface area contributed by atoms with Crippen molar-refractivity contribution in [2.45, 2.75) is 42.0 Å². The Bertz CT molecular complexity index is 802. The Labute approximate surface area is 172 Å². The molecule has 0 radical (unpaired) electrons. The van der Waals surface area contributed by atoms with E-state index in [2.05, 4.69) is 10.9 Å². The van der Waals surface area contributed by atoms with Crippen LogP contribution >= 0.6 is 11.8 Å². The average Bonchev–Trinajstić information content (AvgIpc) is 3.17. The van der Waals surface area contributed by atoms with E-state index in [0.717, 1.165) is 24.8 Å². The number of rotatable bonds is 8. The number of nitrogens with zero attached hydrogens (tertiary/aromatic N) is 1. The molecular weight excluding hydrogens is 399 g/mol. The fourth-order valence-corrected chi connectivity index (χ4v) is 3.90. The third-order valence-electron chi connectivity index (χ3n) is 4.97. The van der Waals surface area contributed by atoms with Crippen molar-refractivity contribution in [3.63, 3.8) is 0 Å². The van der Waals surface area contributed by atoms with E-state index >= 15 is 0 Å². The monoisotopic (exact) mass is 423 g/mol. The summed E-state index contributed by atoms with van der Waals surface area (Å²) < 4.78 is 37.8. The first-order valence-corrected chi connectivity index (χ1v) is 10.4. The number of thioether (sulfide) groups is 1. The highest BCUT2D eigenvalue weighted by molar-refractivity contribution is 7.99. The second-order valence-corrected chi connectivity index (χ2v) is 8.16. The lowest BCUT2D eigenvalue weighted by Crippen LogP contribution is -2.32. The molecule has 0 bridgehead atoms. The largest absolute Gasteiger partial charge is 0.342 e. The van der Waals surface area contributed by atoms with Crippen LogP contribution in [-0.4, -0.2) is 36.2 Å². The minimum atomic E-state index is -2.47. The second kappa shape index (κ2) is 10.1. The molecule has 4 nitrogen and oxygen atoms in total. The van der Waals surface area contributed by atoms with Crippen LogP contribution in [0.4, 0.5) is 13.2 Å². The van der Waals surface area contributed by atoms with Gasteiger partial charge in [-0.3, -0.25) is 15.6 Å². The van der Waals surface area contributed by atoms with Gasteiger partial charge in [-0.2, -0.15) is 8.78 Å². The van der Waals surface area contributed by atoms with Gasteiger partial charge in [0.2, 0.25) is 0 Å². The molecule has 0 saturated carbocycles. The number of halogens is 3. The molecule has 156 valence electrons. The molecule has 2 unspecified atom stereocenters. The number of benzene rings is 2. The molecule has 29 heavy (non-hydrogen) atoms. The molecule has 2 aromatic rings. The zero-order chi connectivity index (χ0) is 20.8. The van der Waals surface area contributed by atoms with Gasteiger partial charge in [0.15, 0.2) is 0 Å². The highest BCUT2D eigenvalue weighted by atomic mass is 32.2. The molecule has 2 N–H and O–H groups in total. The lowest BCUT2D eigenvalue weighted by Gasteiger charge is -2.18. The summed E-state index contributed by atoms with van der Waals surface area (Å²) in [7, 11) is 1.74. The third kappa shape index (κ3) is 6.22. The number of hydrogen-bond donors (Lipinski definition) is 2. The molecule has 1 heterocycles. The molecule has 1 aliphatic heterocycles. The summed E-state index contributed by atoms with van der Waals surface area (Å²) in [5, 5.41) is 0. The number of carbonyl (C=O) groups excluding carboxylic acids is 1. The summed E-state index contributed by atoms with van der Waals surface area (Å²) >= 11 is 0.465. The van der Waals surface area contributed by atoms with Gasteiger partial charge in [-0.05, 0) is 61.2 Å². The number of alkyl halides is 2. The zero-order valence-electron chi connectivity index (χ0n) is 16.1. The predicted molar refractivity (Wildman–Crippen MR) is 108 cm³/mol. The minimum absolute atomic E-state index is 0.125. The Hall–Kier alpha value is -2.03. The second-order valence-electron chi connectivity index (χ2n) is 7.10. The Morgan fingerprint density at radius 2 is 1.83 bits per heavy atom. The SMILES string of the molecule is CN(CCCC1CC(c2ccc(F)cc2)NN1)C(=O)c1ccc(SC(F)F)cc1. The Morgan fingerprint density at radius 3 is 2.48 bits per heavy atom. The van der Waals surface area contributed by atoms with Crippen molar-refractivity contribution >= 4 is 17.7 Å². The number of carbonyl (C=O) groups is 1. The van der Waals surface area contributed by atoms with Gasteiger partial charge in [-0.1, -0.05) is 23.9 Å². The topological polar surface area (TPSA) is 44.4 Å². The molecule has 0 aliphatic carbocycles. The van der Waals surface area contributed by atoms with E-state index in [1.165, 1.54) is 12.1 Å². The molecule has 0 spiro atoms. The maximum Gasteiger partial charge on any atom is 0.288 e. The van der Waals surface area contributed by atoms with Crippen molar-refractivity contribution in [2.24, 2.45) is 0 Å². The lowest BCUT2D eigenvalue weighted by atomic mass is 9.99. The van der Waals surface area contributed by atoms with Gasteiger partial charge in [0.05, 0.1) is 0 Å². The van der Waals surface area contributed by atoms with Crippen molar-refractivity contribution < 1.29 is 18.0 Å². The standard InChI is InChI=1S/C21H24F3N3OS/c1-27(20(28)15-6-10-18(11-7-15)29-21(23)24)12-2-3-17-13-19(26-25-17)14-4-8-16(22)9-5-14/h4-11,17,19,21,25-26H,2-3,12-13H2,1H3. The Balaban J connectivity index is 1.42. The summed E-state index contributed by atoms with van der Waals surface area (Å²) in [6, 6.07) is 13.2. The molecule has 2 atom stereocenters. The van der Waals surface area contributed by atoms with E-state index in [9.17, 15) is 18.0 Å². The van der Waals surface area contributed by atoms with Gasteiger partial charge in [0, 0.05) is 36.1 Å². The van der Waals surface area contributed by atoms with Gasteiger partial charge in [-0.15, -0.1) is 0 Å². The first-order chi connectivity index (χ1) is 13.9. The summed E-state index contributed by atoms with van der Waals surface area (Å²) in [5.41, 5.74) is 8.04. The van der Waals surface area contributed by atoms with Crippen LogP contribution < -0.4 is 10.9 Å². The van der Waals surface area contributed by atoms with Crippen LogP contribution in [0.2, 0.25) is 0 Å². The smallest absolute Gasteiger partial charge is 0.288 e. The molecule has 1 fully saturated rings. The zero-order valence-corrected chi connectivity index (χ0v) is 16.9. The van der Waals surface area contributed by atoms with Crippen LogP contribution in [0.25, 0.3) is 0 Å². The van der Waals surface area contributed by atoms with Gasteiger partial charge >= 0.3 is 0 Å². The highest BCUT2D eigenvalue weighted by Gasteiger charge is 2.24. The quantitative estimate of drug-likeness (QED) is 0.609. The van der Waals surface area contributed by atoms with Crippen LogP contribution in [0.5, 0.6) is 0 Å². The van der Waals surface area contributed by atoms with Crippen molar-refractivity contribution in [1.82, 2.24) is 15.8 Å². The highest BCUT2D eigenvalue weighted by Crippen LogP contribution is 2.26. The Morgan fingerprint density at radius 1 is 1.14 bits per heavy atom. The fourth-order valence-electron chi connectivity index (χ4n) is 3.40. The molecule has 2 aromatic carbocycles. The van der Waals surface area contributed by atoms with Gasteiger partial charge in [-0.25, -0.2) is 4.39 Å². The summed E-state index contributed by atoms with van der Waals surface area (Å²) in [4.78, 5) is 14.6. The van der Waals surface area contributed by atoms with Gasteiger partial charge in [0.1, 0.15) is 5.82 Å². The molecule has 3 rings (SSSR count). The molecule has 1 saturated heterocycles. The molecular formula is C21H24F3N3OS. The van der Waals surface area contributed by atoms with Gasteiger partial charge < -0.3 is 4.90 Å². The van der Waals surface area contributed by atoms with Crippen LogP contribution in [-0.2, 0) is 0 Å². The molecule has 8 heteroatoms. The van der Waals surface area contributed by atoms with E-state index in [4.69, 9.17) is 0 Å². The van der Waals surface area contributed by atoms with Crippen LogP contribution in [0.1, 0.15) is 41.2 Å². The summed E-state index contributed by atoms with van der Waals surface area (Å²) in [5.74, 6) is -2.84.